The van der Waals surface area contributed by atoms with E-state index in [-0.39, 0.29) is 12.0 Å². The van der Waals surface area contributed by atoms with E-state index in [4.69, 9.17) is 4.74 Å². The number of aromatic amines is 1. The number of aromatic nitrogens is 1. The molecule has 4 nitrogen and oxygen atoms in total. The molecule has 0 aliphatic carbocycles. The standard InChI is InChI=1S/C21H15NO3/c23-20-16-8-4-5-9-18(16)22-19-12-15(10-11-17(19)20)21(24)25-13-14-6-2-1-3-7-14/h1-12H,13H2,(H,22,23). The normalized spacial score (nSPS) is 10.9. The van der Waals surface area contributed by atoms with Gasteiger partial charge < -0.3 is 9.72 Å². The number of esters is 1. The van der Waals surface area contributed by atoms with Crippen molar-refractivity contribution >= 4 is 27.8 Å². The van der Waals surface area contributed by atoms with Gasteiger partial charge in [0.2, 0.25) is 0 Å². The lowest BCUT2D eigenvalue weighted by molar-refractivity contribution is 0.0473. The van der Waals surface area contributed by atoms with Crippen LogP contribution >= 0.6 is 0 Å². The summed E-state index contributed by atoms with van der Waals surface area (Å²) < 4.78 is 5.35. The zero-order valence-corrected chi connectivity index (χ0v) is 13.4. The molecule has 122 valence electrons. The minimum atomic E-state index is -0.417. The Morgan fingerprint density at radius 3 is 2.40 bits per heavy atom. The number of ether oxygens (including phenoxy) is 1. The number of fused-ring (bicyclic) bond motifs is 2. The Kier molecular flexibility index (Phi) is 3.78. The topological polar surface area (TPSA) is 59.2 Å². The number of pyridine rings is 1. The molecule has 0 radical (unpaired) electrons. The van der Waals surface area contributed by atoms with Crippen molar-refractivity contribution in [3.05, 3.63) is 94.1 Å². The lowest BCUT2D eigenvalue weighted by Gasteiger charge is -2.07. The number of rotatable bonds is 3. The first-order valence-electron chi connectivity index (χ1n) is 7.98. The highest BCUT2D eigenvalue weighted by molar-refractivity contribution is 5.97. The molecule has 0 aliphatic rings. The zero-order chi connectivity index (χ0) is 17.2. The van der Waals surface area contributed by atoms with E-state index in [1.165, 1.54) is 0 Å². The minimum Gasteiger partial charge on any atom is -0.457 e. The van der Waals surface area contributed by atoms with Gasteiger partial charge in [-0.15, -0.1) is 0 Å². The average molecular weight is 329 g/mol. The van der Waals surface area contributed by atoms with Crippen LogP contribution in [0.2, 0.25) is 0 Å². The van der Waals surface area contributed by atoms with Crippen LogP contribution in [-0.4, -0.2) is 11.0 Å². The van der Waals surface area contributed by atoms with E-state index in [2.05, 4.69) is 4.98 Å². The van der Waals surface area contributed by atoms with Gasteiger partial charge in [0, 0.05) is 16.3 Å². The van der Waals surface area contributed by atoms with E-state index in [1.54, 1.807) is 24.3 Å². The summed E-state index contributed by atoms with van der Waals surface area (Å²) in [6.07, 6.45) is 0. The highest BCUT2D eigenvalue weighted by atomic mass is 16.5. The van der Waals surface area contributed by atoms with E-state index < -0.39 is 5.97 Å². The van der Waals surface area contributed by atoms with E-state index in [0.717, 1.165) is 11.1 Å². The molecule has 4 rings (SSSR count). The molecule has 0 fully saturated rings. The fourth-order valence-electron chi connectivity index (χ4n) is 2.86. The van der Waals surface area contributed by atoms with Gasteiger partial charge in [-0.1, -0.05) is 42.5 Å². The number of para-hydroxylation sites is 1. The van der Waals surface area contributed by atoms with Gasteiger partial charge in [-0.05, 0) is 35.9 Å². The Hall–Kier alpha value is -3.40. The van der Waals surface area contributed by atoms with Crippen LogP contribution in [-0.2, 0) is 11.3 Å². The Bertz CT molecular complexity index is 1130. The van der Waals surface area contributed by atoms with Crippen LogP contribution in [0.25, 0.3) is 21.8 Å². The minimum absolute atomic E-state index is 0.0476. The highest BCUT2D eigenvalue weighted by Gasteiger charge is 2.11. The monoisotopic (exact) mass is 329 g/mol. The molecule has 0 saturated heterocycles. The maximum atomic E-state index is 12.5. The second kappa shape index (κ2) is 6.24. The number of nitrogens with one attached hydrogen (secondary N) is 1. The molecule has 4 heteroatoms. The molecule has 1 heterocycles. The second-order valence-corrected chi connectivity index (χ2v) is 5.82. The molecule has 0 spiro atoms. The zero-order valence-electron chi connectivity index (χ0n) is 13.4. The molecule has 1 N–H and O–H groups in total. The smallest absolute Gasteiger partial charge is 0.338 e. The molecule has 0 saturated carbocycles. The maximum absolute atomic E-state index is 12.5. The lowest BCUT2D eigenvalue weighted by Crippen LogP contribution is -2.08. The molecular weight excluding hydrogens is 314 g/mol. The van der Waals surface area contributed by atoms with Gasteiger partial charge in [-0.3, -0.25) is 4.79 Å². The van der Waals surface area contributed by atoms with Gasteiger partial charge in [0.1, 0.15) is 6.61 Å². The van der Waals surface area contributed by atoms with E-state index >= 15 is 0 Å². The SMILES string of the molecule is O=C(OCc1ccccc1)c1ccc2c(=O)c3ccccc3[nH]c2c1. The van der Waals surface area contributed by atoms with Crippen molar-refractivity contribution in [1.82, 2.24) is 4.98 Å². The Morgan fingerprint density at radius 2 is 1.56 bits per heavy atom. The predicted octanol–water partition coefficient (Wildman–Crippen LogP) is 4.04. The number of H-pyrrole nitrogens is 1. The van der Waals surface area contributed by atoms with Crippen molar-refractivity contribution in [3.63, 3.8) is 0 Å². The number of benzene rings is 3. The summed E-state index contributed by atoms with van der Waals surface area (Å²) in [5.74, 6) is -0.417. The number of carbonyl (C=O) groups is 1. The first-order chi connectivity index (χ1) is 12.2. The first-order valence-corrected chi connectivity index (χ1v) is 7.98. The summed E-state index contributed by atoms with van der Waals surface area (Å²) >= 11 is 0. The van der Waals surface area contributed by atoms with Crippen LogP contribution in [0.3, 0.4) is 0 Å². The summed E-state index contributed by atoms with van der Waals surface area (Å²) in [5, 5.41) is 1.19. The van der Waals surface area contributed by atoms with Crippen LogP contribution in [0, 0.1) is 0 Å². The van der Waals surface area contributed by atoms with Crippen molar-refractivity contribution in [3.8, 4) is 0 Å². The summed E-state index contributed by atoms with van der Waals surface area (Å²) in [6, 6.07) is 21.8. The largest absolute Gasteiger partial charge is 0.457 e. The Balaban J connectivity index is 1.67. The van der Waals surface area contributed by atoms with Crippen molar-refractivity contribution in [2.24, 2.45) is 0 Å². The van der Waals surface area contributed by atoms with Crippen molar-refractivity contribution in [1.29, 1.82) is 0 Å². The Morgan fingerprint density at radius 1 is 0.840 bits per heavy atom. The molecule has 0 bridgehead atoms. The van der Waals surface area contributed by atoms with Gasteiger partial charge >= 0.3 is 5.97 Å². The van der Waals surface area contributed by atoms with E-state index in [9.17, 15) is 9.59 Å². The van der Waals surface area contributed by atoms with Crippen molar-refractivity contribution in [2.75, 3.05) is 0 Å². The van der Waals surface area contributed by atoms with Crippen LogP contribution in [0.1, 0.15) is 15.9 Å². The average Bonchev–Trinajstić information content (AvgIpc) is 2.67. The fourth-order valence-corrected chi connectivity index (χ4v) is 2.86. The molecule has 4 aromatic rings. The molecule has 25 heavy (non-hydrogen) atoms. The fraction of sp³-hybridized carbons (Fsp3) is 0.0476. The molecule has 1 aromatic heterocycles. The summed E-state index contributed by atoms with van der Waals surface area (Å²) in [6.45, 7) is 0.214. The first kappa shape index (κ1) is 15.1. The van der Waals surface area contributed by atoms with Gasteiger partial charge in [-0.25, -0.2) is 4.79 Å². The summed E-state index contributed by atoms with van der Waals surface area (Å²) in [7, 11) is 0. The molecule has 0 atom stereocenters. The van der Waals surface area contributed by atoms with E-state index in [0.29, 0.717) is 21.9 Å². The third kappa shape index (κ3) is 2.90. The third-order valence-electron chi connectivity index (χ3n) is 4.15. The number of hydrogen-bond acceptors (Lipinski definition) is 3. The van der Waals surface area contributed by atoms with Gasteiger partial charge in [-0.2, -0.15) is 0 Å². The van der Waals surface area contributed by atoms with Crippen LogP contribution in [0.4, 0.5) is 0 Å². The summed E-state index contributed by atoms with van der Waals surface area (Å²) in [4.78, 5) is 28.1. The van der Waals surface area contributed by atoms with Gasteiger partial charge in [0.25, 0.3) is 0 Å². The summed E-state index contributed by atoms with van der Waals surface area (Å²) in [5.41, 5.74) is 2.66. The lowest BCUT2D eigenvalue weighted by atomic mass is 10.1. The molecule has 0 aliphatic heterocycles. The van der Waals surface area contributed by atoms with Crippen molar-refractivity contribution in [2.45, 2.75) is 6.61 Å². The Labute approximate surface area is 143 Å². The van der Waals surface area contributed by atoms with Crippen LogP contribution < -0.4 is 5.43 Å². The van der Waals surface area contributed by atoms with E-state index in [1.807, 2.05) is 48.5 Å². The number of hydrogen-bond donors (Lipinski definition) is 1. The maximum Gasteiger partial charge on any atom is 0.338 e. The molecular formula is C21H15NO3. The van der Waals surface area contributed by atoms with Gasteiger partial charge in [0.05, 0.1) is 11.1 Å². The quantitative estimate of drug-likeness (QED) is 0.456. The van der Waals surface area contributed by atoms with Crippen LogP contribution in [0.5, 0.6) is 0 Å². The molecule has 0 amide bonds. The van der Waals surface area contributed by atoms with Gasteiger partial charge in [0.15, 0.2) is 5.43 Å². The van der Waals surface area contributed by atoms with Crippen LogP contribution in [0.15, 0.2) is 77.6 Å². The highest BCUT2D eigenvalue weighted by Crippen LogP contribution is 2.17. The predicted molar refractivity (Wildman–Crippen MR) is 97.6 cm³/mol. The molecule has 3 aromatic carbocycles. The van der Waals surface area contributed by atoms with Crippen molar-refractivity contribution < 1.29 is 9.53 Å². The third-order valence-corrected chi connectivity index (χ3v) is 4.15. The molecule has 0 unspecified atom stereocenters. The number of carbonyl (C=O) groups excluding carboxylic acids is 1. The second-order valence-electron chi connectivity index (χ2n) is 5.82.